The molecule has 6 nitrogen and oxygen atoms in total. The number of likely N-dealkylation sites (tertiary alicyclic amines) is 1. The predicted octanol–water partition coefficient (Wildman–Crippen LogP) is 3.97. The summed E-state index contributed by atoms with van der Waals surface area (Å²) in [4.78, 5) is 27.0. The standard InChI is InChI=1S/C25H33NO5/c1-4-7-18-14-22(27)31-23-16(2)21(10-9-20(18)23)30-17(3)24(28)26-13-12-25(29)11-6-5-8-19(25)15-26/h9-10,14,17,19,29H,4-8,11-13,15H2,1-3H3/t17-,19+,25-/m1/s1. The van der Waals surface area contributed by atoms with Crippen molar-refractivity contribution in [1.29, 1.82) is 0 Å². The van der Waals surface area contributed by atoms with Crippen molar-refractivity contribution in [2.24, 2.45) is 5.92 Å². The van der Waals surface area contributed by atoms with Gasteiger partial charge in [-0.1, -0.05) is 26.2 Å². The molecule has 1 N–H and O–H groups in total. The van der Waals surface area contributed by atoms with Gasteiger partial charge in [0.2, 0.25) is 0 Å². The number of rotatable bonds is 5. The van der Waals surface area contributed by atoms with Crippen molar-refractivity contribution in [2.45, 2.75) is 77.4 Å². The number of carbonyl (C=O) groups is 1. The zero-order valence-corrected chi connectivity index (χ0v) is 18.8. The van der Waals surface area contributed by atoms with Gasteiger partial charge in [-0.3, -0.25) is 4.79 Å². The van der Waals surface area contributed by atoms with Gasteiger partial charge in [-0.2, -0.15) is 0 Å². The number of nitrogens with zero attached hydrogens (tertiary/aromatic N) is 1. The maximum atomic E-state index is 13.1. The first kappa shape index (κ1) is 21.9. The van der Waals surface area contributed by atoms with Gasteiger partial charge >= 0.3 is 5.63 Å². The summed E-state index contributed by atoms with van der Waals surface area (Å²) in [5, 5.41) is 11.8. The minimum Gasteiger partial charge on any atom is -0.480 e. The van der Waals surface area contributed by atoms with Crippen LogP contribution in [0.25, 0.3) is 11.0 Å². The van der Waals surface area contributed by atoms with E-state index in [1.54, 1.807) is 13.0 Å². The van der Waals surface area contributed by atoms with Crippen LogP contribution in [0.15, 0.2) is 27.4 Å². The quantitative estimate of drug-likeness (QED) is 0.730. The second kappa shape index (κ2) is 8.65. The summed E-state index contributed by atoms with van der Waals surface area (Å²) in [5.41, 5.74) is 1.25. The van der Waals surface area contributed by atoms with Gasteiger partial charge in [0.15, 0.2) is 6.10 Å². The Morgan fingerprint density at radius 1 is 1.35 bits per heavy atom. The highest BCUT2D eigenvalue weighted by molar-refractivity contribution is 5.85. The van der Waals surface area contributed by atoms with E-state index < -0.39 is 11.7 Å². The van der Waals surface area contributed by atoms with E-state index in [-0.39, 0.29) is 17.5 Å². The Morgan fingerprint density at radius 3 is 2.94 bits per heavy atom. The lowest BCUT2D eigenvalue weighted by Crippen LogP contribution is -2.56. The highest BCUT2D eigenvalue weighted by Crippen LogP contribution is 2.40. The van der Waals surface area contributed by atoms with Crippen molar-refractivity contribution in [1.82, 2.24) is 4.90 Å². The smallest absolute Gasteiger partial charge is 0.336 e. The Morgan fingerprint density at radius 2 is 2.16 bits per heavy atom. The van der Waals surface area contributed by atoms with Gasteiger partial charge in [-0.25, -0.2) is 4.79 Å². The molecule has 1 saturated carbocycles. The molecule has 2 aromatic rings. The molecule has 1 saturated heterocycles. The van der Waals surface area contributed by atoms with Gasteiger partial charge in [-0.15, -0.1) is 0 Å². The van der Waals surface area contributed by atoms with E-state index in [2.05, 4.69) is 6.92 Å². The lowest BCUT2D eigenvalue weighted by molar-refractivity contribution is -0.149. The molecule has 1 aliphatic heterocycles. The van der Waals surface area contributed by atoms with Gasteiger partial charge in [0.05, 0.1) is 5.60 Å². The van der Waals surface area contributed by atoms with Gasteiger partial charge in [0, 0.05) is 36.0 Å². The van der Waals surface area contributed by atoms with Crippen LogP contribution in [0.2, 0.25) is 0 Å². The zero-order chi connectivity index (χ0) is 22.2. The first-order valence-corrected chi connectivity index (χ1v) is 11.6. The number of carbonyl (C=O) groups excluding carboxylic acids is 1. The maximum absolute atomic E-state index is 13.1. The summed E-state index contributed by atoms with van der Waals surface area (Å²) in [6.07, 6.45) is 5.71. The number of ether oxygens (including phenoxy) is 1. The van der Waals surface area contributed by atoms with Crippen LogP contribution < -0.4 is 10.4 Å². The number of hydrogen-bond acceptors (Lipinski definition) is 5. The van der Waals surface area contributed by atoms with Crippen molar-refractivity contribution >= 4 is 16.9 Å². The zero-order valence-electron chi connectivity index (χ0n) is 18.8. The summed E-state index contributed by atoms with van der Waals surface area (Å²) < 4.78 is 11.5. The maximum Gasteiger partial charge on any atom is 0.336 e. The number of hydrogen-bond donors (Lipinski definition) is 1. The molecular formula is C25H33NO5. The summed E-state index contributed by atoms with van der Waals surface area (Å²) in [6, 6.07) is 5.32. The van der Waals surface area contributed by atoms with Crippen molar-refractivity contribution in [3.63, 3.8) is 0 Å². The van der Waals surface area contributed by atoms with E-state index in [1.165, 1.54) is 0 Å². The second-order valence-electron chi connectivity index (χ2n) is 9.25. The van der Waals surface area contributed by atoms with Gasteiger partial charge in [-0.05, 0) is 57.2 Å². The molecule has 0 spiro atoms. The Hall–Kier alpha value is -2.34. The van der Waals surface area contributed by atoms with Crippen molar-refractivity contribution in [3.05, 3.63) is 39.7 Å². The van der Waals surface area contributed by atoms with Crippen LogP contribution in [-0.4, -0.2) is 40.7 Å². The second-order valence-corrected chi connectivity index (χ2v) is 9.25. The van der Waals surface area contributed by atoms with Gasteiger partial charge in [0.25, 0.3) is 5.91 Å². The van der Waals surface area contributed by atoms with Crippen LogP contribution in [0.5, 0.6) is 5.75 Å². The molecule has 1 amide bonds. The van der Waals surface area contributed by atoms with Crippen LogP contribution in [-0.2, 0) is 11.2 Å². The topological polar surface area (TPSA) is 80.0 Å². The Kier molecular flexibility index (Phi) is 6.11. The van der Waals surface area contributed by atoms with E-state index in [0.717, 1.165) is 55.0 Å². The van der Waals surface area contributed by atoms with Crippen molar-refractivity contribution in [2.75, 3.05) is 13.1 Å². The third-order valence-electron chi connectivity index (χ3n) is 7.11. The van der Waals surface area contributed by atoms with Gasteiger partial charge < -0.3 is 19.2 Å². The lowest BCUT2D eigenvalue weighted by atomic mass is 9.71. The van der Waals surface area contributed by atoms with Crippen LogP contribution in [0, 0.1) is 12.8 Å². The normalized spacial score (nSPS) is 24.6. The van der Waals surface area contributed by atoms with Crippen LogP contribution in [0.4, 0.5) is 0 Å². The minimum absolute atomic E-state index is 0.0618. The fraction of sp³-hybridized carbons (Fsp3) is 0.600. The van der Waals surface area contributed by atoms with E-state index in [9.17, 15) is 14.7 Å². The molecule has 31 heavy (non-hydrogen) atoms. The average molecular weight is 428 g/mol. The van der Waals surface area contributed by atoms with E-state index in [1.807, 2.05) is 24.0 Å². The first-order chi connectivity index (χ1) is 14.8. The molecule has 0 radical (unpaired) electrons. The molecule has 0 bridgehead atoms. The highest BCUT2D eigenvalue weighted by Gasteiger charge is 2.44. The molecular weight excluding hydrogens is 394 g/mol. The monoisotopic (exact) mass is 427 g/mol. The molecule has 168 valence electrons. The molecule has 1 aromatic heterocycles. The SMILES string of the molecule is CCCc1cc(=O)oc2c(C)c(O[C@H](C)C(=O)N3CC[C@]4(O)CCCC[C@H]4C3)ccc12. The summed E-state index contributed by atoms with van der Waals surface area (Å²) in [7, 11) is 0. The van der Waals surface area contributed by atoms with E-state index in [0.29, 0.717) is 30.8 Å². The van der Waals surface area contributed by atoms with Gasteiger partial charge in [0.1, 0.15) is 11.3 Å². The summed E-state index contributed by atoms with van der Waals surface area (Å²) >= 11 is 0. The average Bonchev–Trinajstić information content (AvgIpc) is 2.75. The number of fused-ring (bicyclic) bond motifs is 2. The molecule has 1 aliphatic carbocycles. The Bertz CT molecular complexity index is 1030. The van der Waals surface area contributed by atoms with E-state index in [4.69, 9.17) is 9.15 Å². The van der Waals surface area contributed by atoms with Crippen molar-refractivity contribution in [3.8, 4) is 5.75 Å². The third-order valence-corrected chi connectivity index (χ3v) is 7.11. The molecule has 2 heterocycles. The molecule has 3 atom stereocenters. The lowest BCUT2D eigenvalue weighted by Gasteiger charge is -2.47. The molecule has 4 rings (SSSR count). The number of piperidine rings is 1. The van der Waals surface area contributed by atoms with Crippen LogP contribution >= 0.6 is 0 Å². The fourth-order valence-corrected chi connectivity index (χ4v) is 5.28. The first-order valence-electron chi connectivity index (χ1n) is 11.6. The minimum atomic E-state index is -0.656. The summed E-state index contributed by atoms with van der Waals surface area (Å²) in [6.45, 7) is 6.85. The Labute approximate surface area is 183 Å². The summed E-state index contributed by atoms with van der Waals surface area (Å²) in [5.74, 6) is 0.643. The number of amides is 1. The van der Waals surface area contributed by atoms with E-state index >= 15 is 0 Å². The fourth-order valence-electron chi connectivity index (χ4n) is 5.28. The largest absolute Gasteiger partial charge is 0.480 e. The third kappa shape index (κ3) is 4.22. The number of aryl methyl sites for hydroxylation is 2. The molecule has 2 aliphatic rings. The number of aliphatic hydroxyl groups is 1. The number of benzene rings is 1. The van der Waals surface area contributed by atoms with Crippen LogP contribution in [0.1, 0.15) is 63.5 Å². The van der Waals surface area contributed by atoms with Crippen molar-refractivity contribution < 1.29 is 19.1 Å². The molecule has 2 fully saturated rings. The van der Waals surface area contributed by atoms with Crippen LogP contribution in [0.3, 0.4) is 0 Å². The Balaban J connectivity index is 1.51. The molecule has 0 unspecified atom stereocenters. The predicted molar refractivity (Wildman–Crippen MR) is 119 cm³/mol. The highest BCUT2D eigenvalue weighted by atomic mass is 16.5. The molecule has 1 aromatic carbocycles. The molecule has 6 heteroatoms.